The standard InChI is InChI=1S/C21H24N2O4S/c1-14-8-10-17(11-9-14)22-19(24)12-28-13-20(25)27-16(3)21(26)23-18-7-5-4-6-15(18)2/h4-11,16H,12-13H2,1-3H3,(H,22,24)(H,23,26)/t16-/m1/s1. The van der Waals surface area contributed by atoms with Gasteiger partial charge in [0.2, 0.25) is 5.91 Å². The van der Waals surface area contributed by atoms with Crippen LogP contribution in [-0.2, 0) is 19.1 Å². The Balaban J connectivity index is 1.69. The number of aryl methyl sites for hydroxylation is 2. The molecule has 0 aliphatic rings. The van der Waals surface area contributed by atoms with Crippen LogP contribution in [0.5, 0.6) is 0 Å². The summed E-state index contributed by atoms with van der Waals surface area (Å²) in [4.78, 5) is 35.9. The van der Waals surface area contributed by atoms with E-state index in [1.165, 1.54) is 6.92 Å². The number of anilines is 2. The van der Waals surface area contributed by atoms with Gasteiger partial charge in [-0.1, -0.05) is 35.9 Å². The molecule has 0 heterocycles. The molecule has 0 radical (unpaired) electrons. The van der Waals surface area contributed by atoms with Gasteiger partial charge in [-0.3, -0.25) is 14.4 Å². The molecule has 1 atom stereocenters. The number of para-hydroxylation sites is 1. The van der Waals surface area contributed by atoms with Crippen molar-refractivity contribution in [1.29, 1.82) is 0 Å². The third-order valence-corrected chi connectivity index (χ3v) is 4.77. The minimum Gasteiger partial charge on any atom is -0.452 e. The van der Waals surface area contributed by atoms with Crippen LogP contribution < -0.4 is 10.6 Å². The van der Waals surface area contributed by atoms with Gasteiger partial charge < -0.3 is 15.4 Å². The lowest BCUT2D eigenvalue weighted by atomic mass is 10.2. The minimum absolute atomic E-state index is 0.0106. The summed E-state index contributed by atoms with van der Waals surface area (Å²) in [5.74, 6) is -1.03. The van der Waals surface area contributed by atoms with E-state index in [4.69, 9.17) is 4.74 Å². The number of esters is 1. The molecular weight excluding hydrogens is 376 g/mol. The van der Waals surface area contributed by atoms with Gasteiger partial charge in [0.1, 0.15) is 0 Å². The van der Waals surface area contributed by atoms with E-state index in [1.807, 2.05) is 56.3 Å². The smallest absolute Gasteiger partial charge is 0.316 e. The quantitative estimate of drug-likeness (QED) is 0.662. The molecule has 0 bridgehead atoms. The van der Waals surface area contributed by atoms with Crippen molar-refractivity contribution in [3.63, 3.8) is 0 Å². The normalized spacial score (nSPS) is 11.4. The first-order valence-electron chi connectivity index (χ1n) is 8.85. The predicted octanol–water partition coefficient (Wildman–Crippen LogP) is 3.55. The Hall–Kier alpha value is -2.80. The van der Waals surface area contributed by atoms with Gasteiger partial charge in [-0.25, -0.2) is 0 Å². The van der Waals surface area contributed by atoms with Gasteiger partial charge in [-0.2, -0.15) is 0 Å². The predicted molar refractivity (Wildman–Crippen MR) is 112 cm³/mol. The largest absolute Gasteiger partial charge is 0.452 e. The van der Waals surface area contributed by atoms with Crippen LogP contribution >= 0.6 is 11.8 Å². The number of benzene rings is 2. The first-order chi connectivity index (χ1) is 13.3. The zero-order valence-corrected chi connectivity index (χ0v) is 17.0. The van der Waals surface area contributed by atoms with E-state index in [0.29, 0.717) is 11.4 Å². The Bertz CT molecular complexity index is 837. The van der Waals surface area contributed by atoms with Crippen molar-refractivity contribution in [3.05, 3.63) is 59.7 Å². The average Bonchev–Trinajstić information content (AvgIpc) is 2.65. The Morgan fingerprint density at radius 3 is 2.32 bits per heavy atom. The number of hydrogen-bond acceptors (Lipinski definition) is 5. The van der Waals surface area contributed by atoms with Crippen LogP contribution in [-0.4, -0.2) is 35.4 Å². The van der Waals surface area contributed by atoms with Crippen LogP contribution in [0.25, 0.3) is 0 Å². The summed E-state index contributed by atoms with van der Waals surface area (Å²) in [6.07, 6.45) is -0.922. The number of hydrogen-bond donors (Lipinski definition) is 2. The van der Waals surface area contributed by atoms with Crippen LogP contribution in [0.1, 0.15) is 18.1 Å². The third-order valence-electron chi connectivity index (χ3n) is 3.87. The van der Waals surface area contributed by atoms with E-state index >= 15 is 0 Å². The van der Waals surface area contributed by atoms with Crippen molar-refractivity contribution in [2.75, 3.05) is 22.1 Å². The molecular formula is C21H24N2O4S. The molecule has 0 fully saturated rings. The Labute approximate surface area is 169 Å². The summed E-state index contributed by atoms with van der Waals surface area (Å²) in [6.45, 7) is 5.36. The topological polar surface area (TPSA) is 84.5 Å². The van der Waals surface area contributed by atoms with Crippen molar-refractivity contribution >= 4 is 40.9 Å². The van der Waals surface area contributed by atoms with Crippen LogP contribution in [0.3, 0.4) is 0 Å². The molecule has 0 unspecified atom stereocenters. The molecule has 148 valence electrons. The average molecular weight is 401 g/mol. The lowest BCUT2D eigenvalue weighted by Gasteiger charge is -2.14. The highest BCUT2D eigenvalue weighted by molar-refractivity contribution is 8.00. The molecule has 0 aromatic heterocycles. The van der Waals surface area contributed by atoms with Gasteiger partial charge in [-0.15, -0.1) is 11.8 Å². The van der Waals surface area contributed by atoms with E-state index in [9.17, 15) is 14.4 Å². The number of ether oxygens (including phenoxy) is 1. The second-order valence-electron chi connectivity index (χ2n) is 6.34. The van der Waals surface area contributed by atoms with Crippen LogP contribution in [0.2, 0.25) is 0 Å². The molecule has 7 heteroatoms. The zero-order valence-electron chi connectivity index (χ0n) is 16.2. The van der Waals surface area contributed by atoms with Gasteiger partial charge in [0, 0.05) is 11.4 Å². The van der Waals surface area contributed by atoms with Gasteiger partial charge in [0.15, 0.2) is 6.10 Å². The fraction of sp³-hybridized carbons (Fsp3) is 0.286. The first-order valence-corrected chi connectivity index (χ1v) is 10.0. The van der Waals surface area contributed by atoms with Gasteiger partial charge in [0.05, 0.1) is 11.5 Å². The van der Waals surface area contributed by atoms with Crippen molar-refractivity contribution in [3.8, 4) is 0 Å². The summed E-state index contributed by atoms with van der Waals surface area (Å²) in [5, 5.41) is 5.49. The summed E-state index contributed by atoms with van der Waals surface area (Å²) in [6, 6.07) is 14.8. The number of carbonyl (C=O) groups is 3. The fourth-order valence-electron chi connectivity index (χ4n) is 2.29. The number of nitrogens with one attached hydrogen (secondary N) is 2. The maximum Gasteiger partial charge on any atom is 0.316 e. The molecule has 2 rings (SSSR count). The fourth-order valence-corrected chi connectivity index (χ4v) is 2.89. The van der Waals surface area contributed by atoms with E-state index in [0.717, 1.165) is 22.9 Å². The molecule has 0 aliphatic carbocycles. The number of thioether (sulfide) groups is 1. The maximum atomic E-state index is 12.2. The number of carbonyl (C=O) groups excluding carboxylic acids is 3. The molecule has 0 spiro atoms. The van der Waals surface area contributed by atoms with Gasteiger partial charge in [0.25, 0.3) is 5.91 Å². The molecule has 28 heavy (non-hydrogen) atoms. The summed E-state index contributed by atoms with van der Waals surface area (Å²) < 4.78 is 5.13. The molecule has 0 saturated carbocycles. The molecule has 2 aromatic carbocycles. The maximum absolute atomic E-state index is 12.2. The molecule has 2 amide bonds. The van der Waals surface area contributed by atoms with Crippen LogP contribution in [0.4, 0.5) is 11.4 Å². The monoisotopic (exact) mass is 400 g/mol. The first kappa shape index (κ1) is 21.5. The van der Waals surface area contributed by atoms with Gasteiger partial charge in [-0.05, 0) is 44.5 Å². The Morgan fingerprint density at radius 2 is 1.64 bits per heavy atom. The van der Waals surface area contributed by atoms with E-state index in [-0.39, 0.29) is 17.4 Å². The highest BCUT2D eigenvalue weighted by Crippen LogP contribution is 2.14. The molecule has 0 saturated heterocycles. The van der Waals surface area contributed by atoms with Crippen molar-refractivity contribution < 1.29 is 19.1 Å². The lowest BCUT2D eigenvalue weighted by Crippen LogP contribution is -2.31. The summed E-state index contributed by atoms with van der Waals surface area (Å²) >= 11 is 1.13. The highest BCUT2D eigenvalue weighted by Gasteiger charge is 2.18. The minimum atomic E-state index is -0.922. The Morgan fingerprint density at radius 1 is 0.964 bits per heavy atom. The van der Waals surface area contributed by atoms with E-state index in [2.05, 4.69) is 10.6 Å². The van der Waals surface area contributed by atoms with Crippen molar-refractivity contribution in [2.24, 2.45) is 0 Å². The SMILES string of the molecule is Cc1ccc(NC(=O)CSCC(=O)O[C@H](C)C(=O)Nc2ccccc2C)cc1. The van der Waals surface area contributed by atoms with Crippen LogP contribution in [0.15, 0.2) is 48.5 Å². The van der Waals surface area contributed by atoms with Crippen molar-refractivity contribution in [1.82, 2.24) is 0 Å². The highest BCUT2D eigenvalue weighted by atomic mass is 32.2. The van der Waals surface area contributed by atoms with E-state index < -0.39 is 18.0 Å². The lowest BCUT2D eigenvalue weighted by molar-refractivity contribution is -0.150. The zero-order chi connectivity index (χ0) is 20.5. The molecule has 0 aliphatic heterocycles. The van der Waals surface area contributed by atoms with E-state index in [1.54, 1.807) is 6.07 Å². The van der Waals surface area contributed by atoms with Crippen molar-refractivity contribution in [2.45, 2.75) is 26.9 Å². The Kier molecular flexibility index (Phi) is 8.07. The molecule has 2 aromatic rings. The summed E-state index contributed by atoms with van der Waals surface area (Å²) in [5.41, 5.74) is 3.41. The number of amides is 2. The second kappa shape index (κ2) is 10.5. The second-order valence-corrected chi connectivity index (χ2v) is 7.33. The van der Waals surface area contributed by atoms with Crippen LogP contribution in [0, 0.1) is 13.8 Å². The summed E-state index contributed by atoms with van der Waals surface area (Å²) in [7, 11) is 0. The molecule has 6 nitrogen and oxygen atoms in total. The molecule has 2 N–H and O–H groups in total. The van der Waals surface area contributed by atoms with Gasteiger partial charge >= 0.3 is 5.97 Å². The third kappa shape index (κ3) is 7.08. The number of rotatable bonds is 8.